The molecule has 1 N–H and O–H groups in total. The number of anilines is 1. The van der Waals surface area contributed by atoms with Gasteiger partial charge < -0.3 is 0 Å². The predicted molar refractivity (Wildman–Crippen MR) is 99.1 cm³/mol. The monoisotopic (exact) mass is 302 g/mol. The molecule has 0 unspecified atom stereocenters. The van der Waals surface area contributed by atoms with Crippen LogP contribution in [0, 0.1) is 6.92 Å². The zero-order valence-electron chi connectivity index (χ0n) is 13.9. The molecule has 0 fully saturated rings. The van der Waals surface area contributed by atoms with Crippen molar-refractivity contribution in [1.82, 2.24) is 0 Å². The maximum absolute atomic E-state index is 4.43. The van der Waals surface area contributed by atoms with Crippen LogP contribution in [0.2, 0.25) is 0 Å². The molecule has 2 heteroatoms. The van der Waals surface area contributed by atoms with Gasteiger partial charge in [-0.25, -0.2) is 0 Å². The summed E-state index contributed by atoms with van der Waals surface area (Å²) in [4.78, 5) is 0. The molecular weight excluding hydrogens is 280 g/mol. The number of hydrogen-bond acceptors (Lipinski definition) is 2. The molecule has 0 spiro atoms. The van der Waals surface area contributed by atoms with E-state index in [1.807, 2.05) is 24.4 Å². The lowest BCUT2D eigenvalue weighted by Crippen LogP contribution is -1.98. The second kappa shape index (κ2) is 6.66. The number of rotatable bonds is 4. The highest BCUT2D eigenvalue weighted by molar-refractivity contribution is 5.83. The highest BCUT2D eigenvalue weighted by Crippen LogP contribution is 2.32. The fourth-order valence-electron chi connectivity index (χ4n) is 2.83. The number of benzene rings is 2. The molecule has 2 aromatic rings. The number of nitrogens with one attached hydrogen (secondary N) is 1. The smallest absolute Gasteiger partial charge is 0.0590 e. The summed E-state index contributed by atoms with van der Waals surface area (Å²) in [5.74, 6) is 0.344. The van der Waals surface area contributed by atoms with E-state index in [-0.39, 0.29) is 0 Å². The van der Waals surface area contributed by atoms with Gasteiger partial charge >= 0.3 is 0 Å². The molecule has 23 heavy (non-hydrogen) atoms. The number of aryl methyl sites for hydroxylation is 1. The van der Waals surface area contributed by atoms with Gasteiger partial charge in [0.2, 0.25) is 0 Å². The standard InChI is InChI=1S/C21H22N2/c1-15-8-4-7-11-21(15)23-22-14-18-9-5-6-10-20(18)19-12-16(2)17(3)13-19/h4-14,19,23H,1-3H3. The Morgan fingerprint density at radius 1 is 0.870 bits per heavy atom. The molecule has 2 nitrogen and oxygen atoms in total. The summed E-state index contributed by atoms with van der Waals surface area (Å²) in [6.07, 6.45) is 6.54. The van der Waals surface area contributed by atoms with E-state index in [1.165, 1.54) is 22.3 Å². The Morgan fingerprint density at radius 2 is 1.52 bits per heavy atom. The van der Waals surface area contributed by atoms with E-state index in [1.54, 1.807) is 0 Å². The van der Waals surface area contributed by atoms with Crippen LogP contribution in [-0.2, 0) is 0 Å². The molecule has 0 saturated heterocycles. The van der Waals surface area contributed by atoms with Crippen LogP contribution in [0.25, 0.3) is 0 Å². The van der Waals surface area contributed by atoms with Gasteiger partial charge in [-0.3, -0.25) is 5.43 Å². The highest BCUT2D eigenvalue weighted by atomic mass is 15.3. The number of hydrogen-bond donors (Lipinski definition) is 1. The van der Waals surface area contributed by atoms with Gasteiger partial charge in [0.15, 0.2) is 0 Å². The summed E-state index contributed by atoms with van der Waals surface area (Å²) in [5, 5.41) is 4.43. The molecule has 1 aliphatic carbocycles. The van der Waals surface area contributed by atoms with Crippen molar-refractivity contribution in [3.05, 3.63) is 88.5 Å². The summed E-state index contributed by atoms with van der Waals surface area (Å²) in [7, 11) is 0. The first kappa shape index (κ1) is 15.3. The second-order valence-corrected chi connectivity index (χ2v) is 6.04. The fraction of sp³-hybridized carbons (Fsp3) is 0.190. The molecule has 0 amide bonds. The van der Waals surface area contributed by atoms with Crippen molar-refractivity contribution in [1.29, 1.82) is 0 Å². The second-order valence-electron chi connectivity index (χ2n) is 6.04. The minimum absolute atomic E-state index is 0.344. The molecule has 0 atom stereocenters. The van der Waals surface area contributed by atoms with Crippen molar-refractivity contribution in [3.63, 3.8) is 0 Å². The van der Waals surface area contributed by atoms with E-state index in [2.05, 4.69) is 73.8 Å². The van der Waals surface area contributed by atoms with Crippen LogP contribution >= 0.6 is 0 Å². The minimum Gasteiger partial charge on any atom is -0.278 e. The van der Waals surface area contributed by atoms with Gasteiger partial charge in [0.05, 0.1) is 11.9 Å². The van der Waals surface area contributed by atoms with Gasteiger partial charge in [0, 0.05) is 5.92 Å². The van der Waals surface area contributed by atoms with E-state index in [0.29, 0.717) is 5.92 Å². The van der Waals surface area contributed by atoms with Crippen molar-refractivity contribution < 1.29 is 0 Å². The lowest BCUT2D eigenvalue weighted by Gasteiger charge is -2.10. The highest BCUT2D eigenvalue weighted by Gasteiger charge is 2.15. The third-order valence-electron chi connectivity index (χ3n) is 4.37. The van der Waals surface area contributed by atoms with Crippen LogP contribution in [0.1, 0.15) is 36.5 Å². The zero-order valence-corrected chi connectivity index (χ0v) is 13.9. The SMILES string of the molecule is CC1=CC(c2ccccc2C=NNc2ccccc2C)C=C1C. The van der Waals surface area contributed by atoms with E-state index in [9.17, 15) is 0 Å². The Bertz CT molecular complexity index is 779. The lowest BCUT2D eigenvalue weighted by atomic mass is 9.95. The molecule has 116 valence electrons. The molecule has 0 heterocycles. The first-order valence-electron chi connectivity index (χ1n) is 7.96. The van der Waals surface area contributed by atoms with Gasteiger partial charge in [0.1, 0.15) is 0 Å². The van der Waals surface area contributed by atoms with Crippen LogP contribution < -0.4 is 5.43 Å². The number of nitrogens with zero attached hydrogens (tertiary/aromatic N) is 1. The molecule has 0 aliphatic heterocycles. The molecule has 3 rings (SSSR count). The summed E-state index contributed by atoms with van der Waals surface area (Å²) in [6, 6.07) is 16.6. The zero-order chi connectivity index (χ0) is 16.2. The van der Waals surface area contributed by atoms with Gasteiger partial charge in [-0.15, -0.1) is 0 Å². The summed E-state index contributed by atoms with van der Waals surface area (Å²) in [6.45, 7) is 6.41. The van der Waals surface area contributed by atoms with Crippen LogP contribution in [0.4, 0.5) is 5.69 Å². The van der Waals surface area contributed by atoms with Crippen LogP contribution in [-0.4, -0.2) is 6.21 Å². The average Bonchev–Trinajstić information content (AvgIpc) is 2.89. The third-order valence-corrected chi connectivity index (χ3v) is 4.37. The fourth-order valence-corrected chi connectivity index (χ4v) is 2.83. The van der Waals surface area contributed by atoms with Crippen molar-refractivity contribution in [2.75, 3.05) is 5.43 Å². The molecule has 0 radical (unpaired) electrons. The Hall–Kier alpha value is -2.61. The van der Waals surface area contributed by atoms with Gasteiger partial charge in [-0.05, 0) is 43.5 Å². The number of hydrazone groups is 1. The maximum atomic E-state index is 4.43. The average molecular weight is 302 g/mol. The maximum Gasteiger partial charge on any atom is 0.0590 e. The first-order valence-corrected chi connectivity index (χ1v) is 7.96. The van der Waals surface area contributed by atoms with Crippen LogP contribution in [0.15, 0.2) is 76.9 Å². The summed E-state index contributed by atoms with van der Waals surface area (Å²) in [5.41, 5.74) is 10.5. The van der Waals surface area contributed by atoms with Crippen molar-refractivity contribution in [2.24, 2.45) is 5.10 Å². The van der Waals surface area contributed by atoms with E-state index in [4.69, 9.17) is 0 Å². The molecule has 0 bridgehead atoms. The lowest BCUT2D eigenvalue weighted by molar-refractivity contribution is 1.09. The molecule has 2 aromatic carbocycles. The Morgan fingerprint density at radius 3 is 2.26 bits per heavy atom. The van der Waals surface area contributed by atoms with E-state index in [0.717, 1.165) is 11.3 Å². The van der Waals surface area contributed by atoms with Crippen molar-refractivity contribution in [2.45, 2.75) is 26.7 Å². The van der Waals surface area contributed by atoms with E-state index < -0.39 is 0 Å². The number of para-hydroxylation sites is 1. The van der Waals surface area contributed by atoms with Crippen LogP contribution in [0.5, 0.6) is 0 Å². The Kier molecular flexibility index (Phi) is 4.42. The molecular formula is C21H22N2. The first-order chi connectivity index (χ1) is 11.1. The van der Waals surface area contributed by atoms with Gasteiger partial charge in [-0.2, -0.15) is 5.10 Å². The minimum atomic E-state index is 0.344. The number of allylic oxidation sites excluding steroid dienone is 4. The molecule has 0 saturated carbocycles. The quantitative estimate of drug-likeness (QED) is 0.591. The molecule has 0 aromatic heterocycles. The normalized spacial score (nSPS) is 14.9. The Balaban J connectivity index is 1.82. The van der Waals surface area contributed by atoms with E-state index >= 15 is 0 Å². The predicted octanol–water partition coefficient (Wildman–Crippen LogP) is 5.43. The largest absolute Gasteiger partial charge is 0.278 e. The van der Waals surface area contributed by atoms with Gasteiger partial charge in [0.25, 0.3) is 0 Å². The van der Waals surface area contributed by atoms with Gasteiger partial charge in [-0.1, -0.05) is 65.8 Å². The topological polar surface area (TPSA) is 24.4 Å². The summed E-state index contributed by atoms with van der Waals surface area (Å²) < 4.78 is 0. The molecule has 1 aliphatic rings. The third kappa shape index (κ3) is 3.42. The Labute approximate surface area is 138 Å². The van der Waals surface area contributed by atoms with Crippen LogP contribution in [0.3, 0.4) is 0 Å². The summed E-state index contributed by atoms with van der Waals surface area (Å²) >= 11 is 0. The van der Waals surface area contributed by atoms with Crippen molar-refractivity contribution >= 4 is 11.9 Å². The van der Waals surface area contributed by atoms with Crippen molar-refractivity contribution in [3.8, 4) is 0 Å².